The Hall–Kier alpha value is -4.00. The summed E-state index contributed by atoms with van der Waals surface area (Å²) in [5.41, 5.74) is 6.31. The molecule has 6 nitrogen and oxygen atoms in total. The van der Waals surface area contributed by atoms with Crippen molar-refractivity contribution in [1.82, 2.24) is 19.7 Å². The molecule has 2 aliphatic heterocycles. The van der Waals surface area contributed by atoms with Crippen molar-refractivity contribution in [2.45, 2.75) is 20.3 Å². The lowest BCUT2D eigenvalue weighted by Gasteiger charge is -2.47. The van der Waals surface area contributed by atoms with E-state index in [9.17, 15) is 4.79 Å². The van der Waals surface area contributed by atoms with Gasteiger partial charge in [0.15, 0.2) is 0 Å². The fourth-order valence-corrected chi connectivity index (χ4v) is 6.16. The molecule has 2 aromatic carbocycles. The second kappa shape index (κ2) is 8.54. The number of benzene rings is 2. The van der Waals surface area contributed by atoms with Gasteiger partial charge in [0.25, 0.3) is 0 Å². The van der Waals surface area contributed by atoms with Gasteiger partial charge in [0.05, 0.1) is 11.2 Å². The van der Waals surface area contributed by atoms with Crippen LogP contribution in [0.15, 0.2) is 61.3 Å². The van der Waals surface area contributed by atoms with Crippen LogP contribution in [-0.2, 0) is 11.8 Å². The van der Waals surface area contributed by atoms with Gasteiger partial charge in [0, 0.05) is 72.5 Å². The van der Waals surface area contributed by atoms with Crippen LogP contribution in [0.3, 0.4) is 0 Å². The van der Waals surface area contributed by atoms with Crippen LogP contribution in [0, 0.1) is 25.1 Å². The van der Waals surface area contributed by atoms with E-state index in [-0.39, 0.29) is 17.1 Å². The van der Waals surface area contributed by atoms with Gasteiger partial charge in [-0.1, -0.05) is 30.8 Å². The number of amides is 1. The Kier molecular flexibility index (Phi) is 5.40. The number of carbonyl (C=O) groups excluding carboxylic acids is 1. The Balaban J connectivity index is 1.49. The maximum Gasteiger partial charge on any atom is 0.245 e. The molecule has 2 saturated heterocycles. The van der Waals surface area contributed by atoms with E-state index in [4.69, 9.17) is 4.98 Å². The molecule has 37 heavy (non-hydrogen) atoms. The van der Waals surface area contributed by atoms with Crippen LogP contribution in [0.4, 0.5) is 10.2 Å². The minimum atomic E-state index is -0.229. The first kappa shape index (κ1) is 23.4. The Morgan fingerprint density at radius 1 is 1.11 bits per heavy atom. The monoisotopic (exact) mass is 495 g/mol. The lowest BCUT2D eigenvalue weighted by atomic mass is 9.79. The standard InChI is InChI=1S/C30H30FN5O/c1-5-26(37)36-17-30(18-36)12-14-35(16-30)29-20(3)28(27-19(2)7-6-8-23(27)31)22-10-9-21(15-24(22)33-29)25-11-13-32-34(25)4/h5-11,13,15H,1,12,14,16-18H2,2-4H3. The van der Waals surface area contributed by atoms with Crippen molar-refractivity contribution in [3.05, 3.63) is 78.3 Å². The topological polar surface area (TPSA) is 54.3 Å². The zero-order chi connectivity index (χ0) is 25.9. The van der Waals surface area contributed by atoms with E-state index in [1.165, 1.54) is 12.1 Å². The first-order valence-electron chi connectivity index (χ1n) is 12.6. The van der Waals surface area contributed by atoms with Crippen molar-refractivity contribution in [1.29, 1.82) is 0 Å². The number of hydrogen-bond acceptors (Lipinski definition) is 4. The second-order valence-corrected chi connectivity index (χ2v) is 10.5. The highest BCUT2D eigenvalue weighted by Gasteiger charge is 2.49. The van der Waals surface area contributed by atoms with Gasteiger partial charge in [-0.05, 0) is 50.1 Å². The van der Waals surface area contributed by atoms with Gasteiger partial charge in [-0.3, -0.25) is 9.48 Å². The second-order valence-electron chi connectivity index (χ2n) is 10.5. The zero-order valence-corrected chi connectivity index (χ0v) is 21.5. The van der Waals surface area contributed by atoms with Crippen LogP contribution < -0.4 is 4.90 Å². The van der Waals surface area contributed by atoms with Crippen molar-refractivity contribution in [3.63, 3.8) is 0 Å². The molecule has 0 atom stereocenters. The van der Waals surface area contributed by atoms with Gasteiger partial charge >= 0.3 is 0 Å². The van der Waals surface area contributed by atoms with Crippen molar-refractivity contribution in [3.8, 4) is 22.4 Å². The molecule has 2 aliphatic rings. The number of anilines is 1. The third kappa shape index (κ3) is 3.72. The molecule has 1 amide bonds. The van der Waals surface area contributed by atoms with Crippen LogP contribution in [0.2, 0.25) is 0 Å². The first-order chi connectivity index (χ1) is 17.8. The summed E-state index contributed by atoms with van der Waals surface area (Å²) >= 11 is 0. The summed E-state index contributed by atoms with van der Waals surface area (Å²) < 4.78 is 17.2. The molecule has 0 radical (unpaired) electrons. The highest BCUT2D eigenvalue weighted by atomic mass is 19.1. The maximum absolute atomic E-state index is 15.4. The molecule has 0 unspecified atom stereocenters. The highest BCUT2D eigenvalue weighted by molar-refractivity contribution is 6.00. The Morgan fingerprint density at radius 3 is 2.62 bits per heavy atom. The van der Waals surface area contributed by atoms with E-state index in [1.54, 1.807) is 12.3 Å². The largest absolute Gasteiger partial charge is 0.356 e. The Bertz CT molecular complexity index is 1550. The molecule has 7 heteroatoms. The van der Waals surface area contributed by atoms with E-state index in [2.05, 4.69) is 41.7 Å². The summed E-state index contributed by atoms with van der Waals surface area (Å²) in [5, 5.41) is 5.25. The smallest absolute Gasteiger partial charge is 0.245 e. The lowest BCUT2D eigenvalue weighted by molar-refractivity contribution is -0.136. The quantitative estimate of drug-likeness (QED) is 0.362. The summed E-state index contributed by atoms with van der Waals surface area (Å²) in [6.45, 7) is 10.8. The van der Waals surface area contributed by atoms with Crippen LogP contribution in [0.25, 0.3) is 33.3 Å². The van der Waals surface area contributed by atoms with Gasteiger partial charge in [-0.2, -0.15) is 5.10 Å². The van der Waals surface area contributed by atoms with Gasteiger partial charge < -0.3 is 9.80 Å². The number of fused-ring (bicyclic) bond motifs is 1. The predicted octanol–water partition coefficient (Wildman–Crippen LogP) is 5.28. The lowest BCUT2D eigenvalue weighted by Crippen LogP contribution is -2.59. The van der Waals surface area contributed by atoms with Crippen molar-refractivity contribution in [2.24, 2.45) is 12.5 Å². The molecule has 2 fully saturated rings. The molecule has 0 aliphatic carbocycles. The van der Waals surface area contributed by atoms with E-state index < -0.39 is 0 Å². The fraction of sp³-hybridized carbons (Fsp3) is 0.300. The number of hydrogen-bond donors (Lipinski definition) is 0. The molecule has 1 spiro atoms. The molecule has 188 valence electrons. The summed E-state index contributed by atoms with van der Waals surface area (Å²) in [6, 6.07) is 13.4. The Labute approximate surface area is 216 Å². The van der Waals surface area contributed by atoms with Crippen LogP contribution in [-0.4, -0.2) is 51.8 Å². The minimum absolute atomic E-state index is 0.0101. The molecule has 0 bridgehead atoms. The SMILES string of the molecule is C=CC(=O)N1CC2(CCN(c3nc4cc(-c5ccnn5C)ccc4c(-c4c(C)cccc4F)c3C)C2)C1. The predicted molar refractivity (Wildman–Crippen MR) is 145 cm³/mol. The fourth-order valence-electron chi connectivity index (χ4n) is 6.16. The van der Waals surface area contributed by atoms with E-state index in [1.807, 2.05) is 35.7 Å². The van der Waals surface area contributed by atoms with E-state index in [0.29, 0.717) is 5.56 Å². The number of likely N-dealkylation sites (tertiary alicyclic amines) is 1. The number of aryl methyl sites for hydroxylation is 2. The number of aromatic nitrogens is 3. The molecule has 0 saturated carbocycles. The summed E-state index contributed by atoms with van der Waals surface area (Å²) in [4.78, 5) is 21.4. The minimum Gasteiger partial charge on any atom is -0.356 e. The van der Waals surface area contributed by atoms with Crippen LogP contribution in [0.5, 0.6) is 0 Å². The van der Waals surface area contributed by atoms with Gasteiger partial charge in [-0.25, -0.2) is 9.37 Å². The maximum atomic E-state index is 15.4. The van der Waals surface area contributed by atoms with E-state index >= 15 is 4.39 Å². The highest BCUT2D eigenvalue weighted by Crippen LogP contribution is 2.45. The number of halogens is 1. The van der Waals surface area contributed by atoms with Crippen molar-refractivity contribution in [2.75, 3.05) is 31.1 Å². The van der Waals surface area contributed by atoms with Crippen molar-refractivity contribution < 1.29 is 9.18 Å². The first-order valence-corrected chi connectivity index (χ1v) is 12.6. The Morgan fingerprint density at radius 2 is 1.92 bits per heavy atom. The third-order valence-electron chi connectivity index (χ3n) is 8.07. The van der Waals surface area contributed by atoms with Gasteiger partial charge in [0.2, 0.25) is 5.91 Å². The normalized spacial score (nSPS) is 16.4. The molecule has 6 rings (SSSR count). The van der Waals surface area contributed by atoms with E-state index in [0.717, 1.165) is 77.3 Å². The zero-order valence-electron chi connectivity index (χ0n) is 21.5. The molecule has 4 aromatic rings. The number of nitrogens with zero attached hydrogens (tertiary/aromatic N) is 5. The number of rotatable bonds is 4. The molecule has 0 N–H and O–H groups in total. The average molecular weight is 496 g/mol. The summed E-state index contributed by atoms with van der Waals surface area (Å²) in [7, 11) is 1.92. The number of pyridine rings is 1. The third-order valence-corrected chi connectivity index (χ3v) is 8.07. The van der Waals surface area contributed by atoms with Crippen LogP contribution >= 0.6 is 0 Å². The summed E-state index contributed by atoms with van der Waals surface area (Å²) in [6.07, 6.45) is 4.16. The molecular formula is C30H30FN5O. The van der Waals surface area contributed by atoms with Crippen molar-refractivity contribution >= 4 is 22.6 Å². The molecule has 4 heterocycles. The average Bonchev–Trinajstić information content (AvgIpc) is 3.50. The molecular weight excluding hydrogens is 465 g/mol. The summed E-state index contributed by atoms with van der Waals surface area (Å²) in [5.74, 6) is 0.648. The van der Waals surface area contributed by atoms with Gasteiger partial charge in [-0.15, -0.1) is 0 Å². The number of carbonyl (C=O) groups is 1. The van der Waals surface area contributed by atoms with Crippen LogP contribution in [0.1, 0.15) is 17.5 Å². The van der Waals surface area contributed by atoms with Gasteiger partial charge in [0.1, 0.15) is 11.6 Å². The molecule has 2 aromatic heterocycles.